The number of anilines is 1. The molecule has 15 heteroatoms. The van der Waals surface area contributed by atoms with E-state index in [2.05, 4.69) is 20.9 Å². The van der Waals surface area contributed by atoms with Crippen LogP contribution in [0.2, 0.25) is 5.02 Å². The molecule has 6 heterocycles. The average molecular weight is 733 g/mol. The van der Waals surface area contributed by atoms with Gasteiger partial charge in [-0.1, -0.05) is 17.7 Å². The highest BCUT2D eigenvalue weighted by molar-refractivity contribution is 7.23. The van der Waals surface area contributed by atoms with Crippen molar-refractivity contribution in [2.45, 2.75) is 69.1 Å². The van der Waals surface area contributed by atoms with Gasteiger partial charge in [-0.25, -0.2) is 13.6 Å². The van der Waals surface area contributed by atoms with Crippen molar-refractivity contribution in [1.82, 2.24) is 24.7 Å². The zero-order valence-electron chi connectivity index (χ0n) is 27.8. The number of carbonyl (C=O) groups excluding carboxylic acids is 1. The third-order valence-corrected chi connectivity index (χ3v) is 12.2. The number of nitrogens with zero attached hydrogens (tertiary/aromatic N) is 7. The molecule has 2 aromatic carbocycles. The predicted octanol–water partition coefficient (Wildman–Crippen LogP) is 6.86. The molecule has 0 bridgehead atoms. The molecule has 4 fully saturated rings. The smallest absolute Gasteiger partial charge is 0.321 e. The second-order valence-electron chi connectivity index (χ2n) is 13.8. The van der Waals surface area contributed by atoms with Crippen molar-refractivity contribution in [2.24, 2.45) is 0 Å². The fraction of sp³-hybridized carbons (Fsp3) is 0.472. The largest absolute Gasteiger partial charge is 0.472 e. The van der Waals surface area contributed by atoms with Crippen LogP contribution in [0.5, 0.6) is 11.9 Å². The Morgan fingerprint density at radius 2 is 1.90 bits per heavy atom. The summed E-state index contributed by atoms with van der Waals surface area (Å²) < 4.78 is 44.9. The molecule has 4 saturated heterocycles. The van der Waals surface area contributed by atoms with Gasteiger partial charge in [0.1, 0.15) is 41.2 Å². The highest BCUT2D eigenvalue weighted by Crippen LogP contribution is 2.46. The lowest BCUT2D eigenvalue weighted by molar-refractivity contribution is 0.0879. The molecule has 11 nitrogen and oxygen atoms in total. The van der Waals surface area contributed by atoms with E-state index in [1.54, 1.807) is 9.80 Å². The van der Waals surface area contributed by atoms with E-state index in [0.29, 0.717) is 32.5 Å². The van der Waals surface area contributed by atoms with Crippen molar-refractivity contribution in [3.05, 3.63) is 40.4 Å². The number of likely N-dealkylation sites (tertiary alicyclic amines) is 2. The number of halogens is 3. The number of hydrogen-bond acceptors (Lipinski definition) is 10. The lowest BCUT2D eigenvalue weighted by Gasteiger charge is -2.40. The van der Waals surface area contributed by atoms with E-state index in [-0.39, 0.29) is 77.7 Å². The van der Waals surface area contributed by atoms with Crippen molar-refractivity contribution in [2.75, 3.05) is 45.1 Å². The molecular weight excluding hydrogens is 698 g/mol. The van der Waals surface area contributed by atoms with E-state index in [9.17, 15) is 19.7 Å². The number of urea groups is 1. The van der Waals surface area contributed by atoms with Gasteiger partial charge in [0.25, 0.3) is 0 Å². The number of thiophene rings is 1. The van der Waals surface area contributed by atoms with Crippen LogP contribution in [0.1, 0.15) is 56.9 Å². The summed E-state index contributed by atoms with van der Waals surface area (Å²) in [5.74, 6) is -1.33. The molecule has 0 spiro atoms. The number of benzene rings is 2. The predicted molar refractivity (Wildman–Crippen MR) is 189 cm³/mol. The molecule has 2 aromatic heterocycles. The Morgan fingerprint density at radius 3 is 2.63 bits per heavy atom. The fourth-order valence-electron chi connectivity index (χ4n) is 8.18. The van der Waals surface area contributed by atoms with Crippen LogP contribution in [0.15, 0.2) is 18.2 Å². The highest BCUT2D eigenvalue weighted by atomic mass is 35.5. The quantitative estimate of drug-likeness (QED) is 0.225. The molecular formula is C36H35ClF2N8O3S. The first-order valence-corrected chi connectivity index (χ1v) is 18.5. The van der Waals surface area contributed by atoms with Gasteiger partial charge in [0.2, 0.25) is 5.88 Å². The monoisotopic (exact) mass is 732 g/mol. The molecule has 2 amide bonds. The van der Waals surface area contributed by atoms with E-state index in [1.165, 1.54) is 18.2 Å². The van der Waals surface area contributed by atoms with Crippen LogP contribution in [-0.2, 0) is 0 Å². The number of fused-ring (bicyclic) bond motifs is 3. The van der Waals surface area contributed by atoms with E-state index in [0.717, 1.165) is 63.0 Å². The van der Waals surface area contributed by atoms with Gasteiger partial charge in [-0.15, -0.1) is 11.3 Å². The maximum absolute atomic E-state index is 17.0. The summed E-state index contributed by atoms with van der Waals surface area (Å²) in [6, 6.07) is 7.62. The minimum atomic E-state index is -0.810. The van der Waals surface area contributed by atoms with Gasteiger partial charge < -0.3 is 25.0 Å². The van der Waals surface area contributed by atoms with E-state index in [1.807, 2.05) is 6.07 Å². The van der Waals surface area contributed by atoms with Crippen molar-refractivity contribution in [3.63, 3.8) is 0 Å². The van der Waals surface area contributed by atoms with Gasteiger partial charge in [-0.2, -0.15) is 20.5 Å². The number of carbonyl (C=O) groups is 1. The average Bonchev–Trinajstić information content (AvgIpc) is 3.72. The molecule has 1 unspecified atom stereocenters. The maximum atomic E-state index is 17.0. The summed E-state index contributed by atoms with van der Waals surface area (Å²) in [4.78, 5) is 28.3. The lowest BCUT2D eigenvalue weighted by atomic mass is 9.95. The molecule has 0 aliphatic carbocycles. The van der Waals surface area contributed by atoms with Crippen LogP contribution in [0.25, 0.3) is 32.1 Å². The normalized spacial score (nSPS) is 21.6. The number of nitriles is 2. The maximum Gasteiger partial charge on any atom is 0.321 e. The second kappa shape index (κ2) is 13.2. The molecule has 264 valence electrons. The number of hydrogen-bond donors (Lipinski definition) is 1. The number of nitrogen functional groups attached to an aromatic ring is 1. The van der Waals surface area contributed by atoms with Gasteiger partial charge >= 0.3 is 12.0 Å². The minimum absolute atomic E-state index is 0.0203. The van der Waals surface area contributed by atoms with Crippen molar-refractivity contribution < 1.29 is 23.0 Å². The zero-order chi connectivity index (χ0) is 35.4. The Morgan fingerprint density at radius 1 is 1.10 bits per heavy atom. The first kappa shape index (κ1) is 33.6. The topological polar surface area (TPSA) is 145 Å². The molecule has 51 heavy (non-hydrogen) atoms. The number of rotatable bonds is 6. The van der Waals surface area contributed by atoms with Crippen LogP contribution in [-0.4, -0.2) is 87.7 Å². The molecule has 4 aliphatic rings. The SMILES string of the molecule is N#Cc1c(N)sc2c(F)ccc(-c3c(Cl)cc4c(OC5CCCCN(C(=O)N6CC[C@H]6C#N)C5)nc(OCC56CCCN5CCC6)nc4c3F)c12. The first-order valence-electron chi connectivity index (χ1n) is 17.3. The van der Waals surface area contributed by atoms with Crippen LogP contribution in [0.3, 0.4) is 0 Å². The van der Waals surface area contributed by atoms with Crippen molar-refractivity contribution in [1.29, 1.82) is 10.5 Å². The lowest BCUT2D eigenvalue weighted by Crippen LogP contribution is -2.56. The first-order chi connectivity index (χ1) is 24.7. The number of ether oxygens (including phenoxy) is 2. The van der Waals surface area contributed by atoms with Crippen LogP contribution < -0.4 is 15.2 Å². The van der Waals surface area contributed by atoms with Crippen molar-refractivity contribution in [3.8, 4) is 35.2 Å². The summed E-state index contributed by atoms with van der Waals surface area (Å²) in [6.07, 6.45) is 6.43. The number of nitrogens with two attached hydrogens (primary N) is 1. The summed E-state index contributed by atoms with van der Waals surface area (Å²) in [7, 11) is 0. The van der Waals surface area contributed by atoms with Crippen LogP contribution in [0, 0.1) is 34.3 Å². The van der Waals surface area contributed by atoms with E-state index >= 15 is 4.39 Å². The third kappa shape index (κ3) is 5.74. The molecule has 8 rings (SSSR count). The summed E-state index contributed by atoms with van der Waals surface area (Å²) >= 11 is 7.76. The molecule has 2 N–H and O–H groups in total. The molecule has 4 aliphatic heterocycles. The molecule has 0 radical (unpaired) electrons. The van der Waals surface area contributed by atoms with E-state index in [4.69, 9.17) is 26.8 Å². The van der Waals surface area contributed by atoms with Gasteiger partial charge in [-0.3, -0.25) is 4.90 Å². The van der Waals surface area contributed by atoms with Gasteiger partial charge in [0.15, 0.2) is 5.82 Å². The zero-order valence-corrected chi connectivity index (χ0v) is 29.3. The summed E-state index contributed by atoms with van der Waals surface area (Å²) in [5.41, 5.74) is 6.02. The Hall–Kier alpha value is -4.50. The Kier molecular flexibility index (Phi) is 8.73. The molecule has 4 aromatic rings. The number of amides is 2. The summed E-state index contributed by atoms with van der Waals surface area (Å²) in [5, 5.41) is 19.8. The number of aromatic nitrogens is 2. The van der Waals surface area contributed by atoms with Gasteiger partial charge in [0.05, 0.1) is 38.8 Å². The van der Waals surface area contributed by atoms with Crippen LogP contribution in [0.4, 0.5) is 18.6 Å². The Bertz CT molecular complexity index is 2140. The van der Waals surface area contributed by atoms with E-state index < -0.39 is 23.8 Å². The minimum Gasteiger partial charge on any atom is -0.472 e. The molecule has 2 atom stereocenters. The van der Waals surface area contributed by atoms with Gasteiger partial charge in [-0.05, 0) is 82.2 Å². The Balaban J connectivity index is 1.21. The Labute approximate surface area is 302 Å². The summed E-state index contributed by atoms with van der Waals surface area (Å²) in [6.45, 7) is 3.65. The van der Waals surface area contributed by atoms with Crippen molar-refractivity contribution >= 4 is 55.0 Å². The highest BCUT2D eigenvalue weighted by Gasteiger charge is 2.45. The second-order valence-corrected chi connectivity index (χ2v) is 15.3. The third-order valence-electron chi connectivity index (χ3n) is 10.9. The fourth-order valence-corrected chi connectivity index (χ4v) is 9.42. The van der Waals surface area contributed by atoms with Gasteiger partial charge in [0, 0.05) is 24.0 Å². The standard InChI is InChI=1S/C36H35ClF2N8O3S/c37-25-15-23-30(29(39)28(25)22-6-7-26(38)31-27(22)24(17-41)32(42)51-31)43-34(49-19-36-9-3-12-46(36)13-4-10-36)44-33(23)50-21-5-1-2-11-45(18-21)35(48)47-14-8-20(47)16-40/h6-7,15,20-21H,1-5,8-14,18-19,42H2/t20-,21?/m0/s1. The van der Waals surface area contributed by atoms with Crippen LogP contribution >= 0.6 is 22.9 Å². The molecule has 0 saturated carbocycles.